The number of rotatable bonds is 12. The number of nitrogens with two attached hydrogens (primary N) is 1. The molecule has 5 heteroatoms. The minimum Gasteiger partial charge on any atom is -0.493 e. The number of hydrogen-bond acceptors (Lipinski definition) is 5. The number of methoxy groups -OCH3 is 1. The first-order valence-corrected chi connectivity index (χ1v) is 9.55. The van der Waals surface area contributed by atoms with Gasteiger partial charge in [-0.1, -0.05) is 30.3 Å². The second-order valence-corrected chi connectivity index (χ2v) is 6.20. The van der Waals surface area contributed by atoms with Crippen LogP contribution in [0, 0.1) is 0 Å². The molecule has 0 spiro atoms. The molecule has 0 unspecified atom stereocenters. The lowest BCUT2D eigenvalue weighted by atomic mass is 9.99. The fourth-order valence-corrected chi connectivity index (χ4v) is 3.10. The van der Waals surface area contributed by atoms with Crippen molar-refractivity contribution in [1.29, 1.82) is 0 Å². The third-order valence-corrected chi connectivity index (χ3v) is 4.31. The maximum absolute atomic E-state index is 6.07. The Bertz CT molecular complexity index is 669. The van der Waals surface area contributed by atoms with Gasteiger partial charge in [0.25, 0.3) is 0 Å². The Labute approximate surface area is 162 Å². The van der Waals surface area contributed by atoms with Gasteiger partial charge in [-0.2, -0.15) is 0 Å². The number of unbranched alkanes of at least 4 members (excludes halogenated alkanes) is 1. The second-order valence-electron chi connectivity index (χ2n) is 6.20. The van der Waals surface area contributed by atoms with Crippen LogP contribution in [0.25, 0.3) is 0 Å². The van der Waals surface area contributed by atoms with Crippen LogP contribution in [0.15, 0.2) is 48.5 Å². The van der Waals surface area contributed by atoms with E-state index in [1.165, 1.54) is 0 Å². The van der Waals surface area contributed by atoms with E-state index in [9.17, 15) is 0 Å². The van der Waals surface area contributed by atoms with Crippen molar-refractivity contribution < 1.29 is 18.9 Å². The molecule has 0 aliphatic rings. The molecule has 0 aliphatic heterocycles. The monoisotopic (exact) mass is 373 g/mol. The van der Waals surface area contributed by atoms with E-state index in [4.69, 9.17) is 24.7 Å². The summed E-state index contributed by atoms with van der Waals surface area (Å²) in [6.07, 6.45) is 2.55. The minimum absolute atomic E-state index is 0.587. The maximum Gasteiger partial charge on any atom is 0.194 e. The molecule has 2 rings (SSSR count). The highest BCUT2D eigenvalue weighted by molar-refractivity contribution is 5.51. The van der Waals surface area contributed by atoms with E-state index in [0.717, 1.165) is 24.8 Å². The van der Waals surface area contributed by atoms with Crippen molar-refractivity contribution in [3.05, 3.63) is 54.1 Å². The van der Waals surface area contributed by atoms with Crippen molar-refractivity contribution in [2.24, 2.45) is 0 Å². The van der Waals surface area contributed by atoms with Crippen molar-refractivity contribution in [3.63, 3.8) is 0 Å². The van der Waals surface area contributed by atoms with Crippen LogP contribution in [0.3, 0.4) is 0 Å². The molecule has 0 aromatic heterocycles. The van der Waals surface area contributed by atoms with Gasteiger partial charge < -0.3 is 24.7 Å². The van der Waals surface area contributed by atoms with Gasteiger partial charge in [0.2, 0.25) is 0 Å². The average Bonchev–Trinajstić information content (AvgIpc) is 2.69. The highest BCUT2D eigenvalue weighted by Crippen LogP contribution is 2.33. The highest BCUT2D eigenvalue weighted by Gasteiger charge is 2.33. The van der Waals surface area contributed by atoms with Gasteiger partial charge in [0, 0.05) is 37.0 Å². The first-order chi connectivity index (χ1) is 13.1. The first-order valence-electron chi connectivity index (χ1n) is 9.55. The first kappa shape index (κ1) is 21.1. The lowest BCUT2D eigenvalue weighted by Gasteiger charge is -2.34. The molecule has 0 fully saturated rings. The van der Waals surface area contributed by atoms with Crippen molar-refractivity contribution in [3.8, 4) is 11.5 Å². The van der Waals surface area contributed by atoms with E-state index in [1.807, 2.05) is 44.2 Å². The van der Waals surface area contributed by atoms with Crippen molar-refractivity contribution >= 4 is 5.69 Å². The van der Waals surface area contributed by atoms with Crippen molar-refractivity contribution in [1.82, 2.24) is 0 Å². The fourth-order valence-electron chi connectivity index (χ4n) is 3.10. The standard InChI is InChI=1S/C22H31NO4/c1-4-26-22(27-5-2,18-11-7-6-8-12-18)15-9-10-16-25-20-14-13-19(23)17-21(20)24-3/h6-8,11-14,17H,4-5,9-10,15-16,23H2,1-3H3. The molecule has 5 nitrogen and oxygen atoms in total. The van der Waals surface area contributed by atoms with Crippen LogP contribution in [0.5, 0.6) is 11.5 Å². The summed E-state index contributed by atoms with van der Waals surface area (Å²) in [5, 5.41) is 0. The Balaban J connectivity index is 1.94. The minimum atomic E-state index is -0.705. The molecule has 2 aromatic carbocycles. The molecule has 0 amide bonds. The quantitative estimate of drug-likeness (QED) is 0.330. The summed E-state index contributed by atoms with van der Waals surface area (Å²) in [5.41, 5.74) is 7.48. The number of anilines is 1. The molecule has 0 heterocycles. The third kappa shape index (κ3) is 5.88. The molecular formula is C22H31NO4. The van der Waals surface area contributed by atoms with Gasteiger partial charge in [-0.05, 0) is 38.8 Å². The van der Waals surface area contributed by atoms with Gasteiger partial charge in [-0.3, -0.25) is 0 Å². The summed E-state index contributed by atoms with van der Waals surface area (Å²) in [6, 6.07) is 15.5. The Morgan fingerprint density at radius 3 is 2.22 bits per heavy atom. The van der Waals surface area contributed by atoms with Crippen molar-refractivity contribution in [2.45, 2.75) is 38.9 Å². The number of ether oxygens (including phenoxy) is 4. The Morgan fingerprint density at radius 1 is 0.889 bits per heavy atom. The van der Waals surface area contributed by atoms with Gasteiger partial charge >= 0.3 is 0 Å². The number of hydrogen-bond donors (Lipinski definition) is 1. The second kappa shape index (κ2) is 10.8. The molecule has 2 aromatic rings. The van der Waals surface area contributed by atoms with Crippen LogP contribution < -0.4 is 15.2 Å². The van der Waals surface area contributed by atoms with Crippen LogP contribution >= 0.6 is 0 Å². The molecule has 0 atom stereocenters. The molecule has 2 N–H and O–H groups in total. The maximum atomic E-state index is 6.07. The smallest absolute Gasteiger partial charge is 0.194 e. The van der Waals surface area contributed by atoms with Crippen LogP contribution in [0.2, 0.25) is 0 Å². The van der Waals surface area contributed by atoms with Gasteiger partial charge in [0.1, 0.15) is 0 Å². The Morgan fingerprint density at radius 2 is 1.59 bits per heavy atom. The molecular weight excluding hydrogens is 342 g/mol. The van der Waals surface area contributed by atoms with E-state index in [2.05, 4.69) is 12.1 Å². The summed E-state index contributed by atoms with van der Waals surface area (Å²) < 4.78 is 23.3. The molecule has 0 bridgehead atoms. The summed E-state index contributed by atoms with van der Waals surface area (Å²) >= 11 is 0. The molecule has 0 saturated carbocycles. The Kier molecular flexibility index (Phi) is 8.43. The SMILES string of the molecule is CCOC(CCCCOc1ccc(N)cc1OC)(OCC)c1ccccc1. The van der Waals surface area contributed by atoms with E-state index >= 15 is 0 Å². The van der Waals surface area contributed by atoms with Crippen LogP contribution in [-0.4, -0.2) is 26.9 Å². The molecule has 0 saturated heterocycles. The van der Waals surface area contributed by atoms with Crippen LogP contribution in [0.4, 0.5) is 5.69 Å². The molecule has 0 radical (unpaired) electrons. The predicted molar refractivity (Wildman–Crippen MR) is 108 cm³/mol. The highest BCUT2D eigenvalue weighted by atomic mass is 16.7. The van der Waals surface area contributed by atoms with Crippen molar-refractivity contribution in [2.75, 3.05) is 32.7 Å². The third-order valence-electron chi connectivity index (χ3n) is 4.31. The van der Waals surface area contributed by atoms with Gasteiger partial charge in [-0.25, -0.2) is 0 Å². The normalized spacial score (nSPS) is 11.4. The molecule has 148 valence electrons. The Hall–Kier alpha value is -2.24. The van der Waals surface area contributed by atoms with Crippen LogP contribution in [0.1, 0.15) is 38.7 Å². The molecule has 0 aliphatic carbocycles. The largest absolute Gasteiger partial charge is 0.493 e. The summed E-state index contributed by atoms with van der Waals surface area (Å²) in [6.45, 7) is 5.76. The number of benzene rings is 2. The van der Waals surface area contributed by atoms with E-state index in [0.29, 0.717) is 37.0 Å². The van der Waals surface area contributed by atoms with E-state index < -0.39 is 5.79 Å². The summed E-state index contributed by atoms with van der Waals surface area (Å²) in [5.74, 6) is 0.650. The summed E-state index contributed by atoms with van der Waals surface area (Å²) in [7, 11) is 1.61. The van der Waals surface area contributed by atoms with Gasteiger partial charge in [-0.15, -0.1) is 0 Å². The zero-order chi connectivity index (χ0) is 19.5. The van der Waals surface area contributed by atoms with E-state index in [1.54, 1.807) is 13.2 Å². The van der Waals surface area contributed by atoms with Gasteiger partial charge in [0.05, 0.1) is 13.7 Å². The zero-order valence-electron chi connectivity index (χ0n) is 16.6. The number of nitrogen functional groups attached to an aromatic ring is 1. The topological polar surface area (TPSA) is 62.9 Å². The van der Waals surface area contributed by atoms with Crippen LogP contribution in [-0.2, 0) is 15.3 Å². The zero-order valence-corrected chi connectivity index (χ0v) is 16.6. The van der Waals surface area contributed by atoms with E-state index in [-0.39, 0.29) is 0 Å². The summed E-state index contributed by atoms with van der Waals surface area (Å²) in [4.78, 5) is 0. The average molecular weight is 373 g/mol. The van der Waals surface area contributed by atoms with Gasteiger partial charge in [0.15, 0.2) is 17.3 Å². The molecule has 27 heavy (non-hydrogen) atoms. The fraction of sp³-hybridized carbons (Fsp3) is 0.455. The lowest BCUT2D eigenvalue weighted by molar-refractivity contribution is -0.247. The predicted octanol–water partition coefficient (Wildman–Crippen LogP) is 4.75. The lowest BCUT2D eigenvalue weighted by Crippen LogP contribution is -2.33.